The first-order chi connectivity index (χ1) is 7.76. The smallest absolute Gasteiger partial charge is 0.313 e. The summed E-state index contributed by atoms with van der Waals surface area (Å²) >= 11 is 5.57. The molecule has 1 heterocycles. The van der Waals surface area contributed by atoms with Gasteiger partial charge in [-0.3, -0.25) is 0 Å². The van der Waals surface area contributed by atoms with E-state index in [1.54, 1.807) is 32.4 Å². The topological polar surface area (TPSA) is 57.4 Å². The maximum Gasteiger partial charge on any atom is 0.313 e. The Kier molecular flexibility index (Phi) is 2.96. The van der Waals surface area contributed by atoms with Gasteiger partial charge in [-0.2, -0.15) is 0 Å². The molecule has 0 aliphatic heterocycles. The molecule has 0 spiro atoms. The Morgan fingerprint density at radius 3 is 2.56 bits per heavy atom. The third-order valence-electron chi connectivity index (χ3n) is 2.03. The maximum atomic E-state index is 5.57. The second kappa shape index (κ2) is 4.40. The SMILES string of the molecule is COc1cccc(-c2nnc(Cl)o2)c1OC. The fourth-order valence-corrected chi connectivity index (χ4v) is 1.48. The fraction of sp³-hybridized carbons (Fsp3) is 0.200. The number of halogens is 1. The van der Waals surface area contributed by atoms with Gasteiger partial charge in [-0.05, 0) is 23.7 Å². The highest BCUT2D eigenvalue weighted by atomic mass is 35.5. The van der Waals surface area contributed by atoms with Gasteiger partial charge in [-0.15, -0.1) is 5.10 Å². The van der Waals surface area contributed by atoms with E-state index in [9.17, 15) is 0 Å². The molecule has 0 radical (unpaired) electrons. The lowest BCUT2D eigenvalue weighted by molar-refractivity contribution is 0.355. The van der Waals surface area contributed by atoms with Crippen molar-refractivity contribution in [3.05, 3.63) is 23.5 Å². The Morgan fingerprint density at radius 1 is 1.19 bits per heavy atom. The molecule has 6 heteroatoms. The highest BCUT2D eigenvalue weighted by molar-refractivity contribution is 6.27. The average molecular weight is 241 g/mol. The number of rotatable bonds is 3. The monoisotopic (exact) mass is 240 g/mol. The van der Waals surface area contributed by atoms with Crippen LogP contribution in [0.3, 0.4) is 0 Å². The van der Waals surface area contributed by atoms with Crippen LogP contribution in [-0.2, 0) is 0 Å². The van der Waals surface area contributed by atoms with Gasteiger partial charge in [0.2, 0.25) is 0 Å². The predicted octanol–water partition coefficient (Wildman–Crippen LogP) is 2.41. The first-order valence-corrected chi connectivity index (χ1v) is 4.84. The van der Waals surface area contributed by atoms with Gasteiger partial charge in [0, 0.05) is 0 Å². The Morgan fingerprint density at radius 2 is 2.00 bits per heavy atom. The quantitative estimate of drug-likeness (QED) is 0.825. The van der Waals surface area contributed by atoms with Crippen LogP contribution in [0.1, 0.15) is 0 Å². The second-order valence-electron chi connectivity index (χ2n) is 2.90. The van der Waals surface area contributed by atoms with Gasteiger partial charge >= 0.3 is 5.35 Å². The highest BCUT2D eigenvalue weighted by Gasteiger charge is 2.16. The van der Waals surface area contributed by atoms with Gasteiger partial charge < -0.3 is 13.9 Å². The molecule has 2 rings (SSSR count). The van der Waals surface area contributed by atoms with Crippen molar-refractivity contribution in [3.63, 3.8) is 0 Å². The normalized spacial score (nSPS) is 10.2. The van der Waals surface area contributed by atoms with E-state index >= 15 is 0 Å². The lowest BCUT2D eigenvalue weighted by Gasteiger charge is -2.09. The van der Waals surface area contributed by atoms with Crippen molar-refractivity contribution in [2.75, 3.05) is 14.2 Å². The van der Waals surface area contributed by atoms with E-state index in [-0.39, 0.29) is 5.35 Å². The van der Waals surface area contributed by atoms with E-state index in [2.05, 4.69) is 10.2 Å². The summed E-state index contributed by atoms with van der Waals surface area (Å²) in [6, 6.07) is 5.36. The minimum Gasteiger partial charge on any atom is -0.493 e. The zero-order valence-corrected chi connectivity index (χ0v) is 9.49. The van der Waals surface area contributed by atoms with E-state index in [1.807, 2.05) is 0 Å². The van der Waals surface area contributed by atoms with Crippen molar-refractivity contribution in [1.82, 2.24) is 10.2 Å². The van der Waals surface area contributed by atoms with Crippen LogP contribution in [0.5, 0.6) is 11.5 Å². The number of benzene rings is 1. The van der Waals surface area contributed by atoms with Crippen LogP contribution in [0.4, 0.5) is 0 Å². The summed E-state index contributed by atoms with van der Waals surface area (Å²) in [7, 11) is 3.10. The first kappa shape index (κ1) is 10.8. The summed E-state index contributed by atoms with van der Waals surface area (Å²) in [4.78, 5) is 0. The molecule has 0 bridgehead atoms. The molecular formula is C10H9ClN2O3. The van der Waals surface area contributed by atoms with Gasteiger partial charge in [0.25, 0.3) is 5.89 Å². The Balaban J connectivity index is 2.56. The zero-order chi connectivity index (χ0) is 11.5. The number of nitrogens with zero attached hydrogens (tertiary/aromatic N) is 2. The van der Waals surface area contributed by atoms with Gasteiger partial charge in [0.1, 0.15) is 0 Å². The first-order valence-electron chi connectivity index (χ1n) is 4.46. The zero-order valence-electron chi connectivity index (χ0n) is 8.73. The van der Waals surface area contributed by atoms with Crippen LogP contribution in [-0.4, -0.2) is 24.4 Å². The third-order valence-corrected chi connectivity index (χ3v) is 2.19. The molecule has 0 saturated heterocycles. The van der Waals surface area contributed by atoms with E-state index in [0.717, 1.165) is 0 Å². The molecule has 0 aliphatic carbocycles. The predicted molar refractivity (Wildman–Crippen MR) is 57.8 cm³/mol. The molecule has 2 aromatic rings. The molecule has 0 amide bonds. The van der Waals surface area contributed by atoms with Crippen LogP contribution in [0.15, 0.2) is 22.6 Å². The summed E-state index contributed by atoms with van der Waals surface area (Å²) < 4.78 is 15.5. The number of hydrogen-bond donors (Lipinski definition) is 0. The van der Waals surface area contributed by atoms with Crippen molar-refractivity contribution in [1.29, 1.82) is 0 Å². The van der Waals surface area contributed by atoms with Crippen LogP contribution in [0.2, 0.25) is 5.35 Å². The number of para-hydroxylation sites is 1. The Bertz CT molecular complexity index is 499. The summed E-state index contributed by atoms with van der Waals surface area (Å²) in [5, 5.41) is 7.35. The van der Waals surface area contributed by atoms with Crippen molar-refractivity contribution in [3.8, 4) is 23.0 Å². The Hall–Kier alpha value is -1.75. The standard InChI is InChI=1S/C10H9ClN2O3/c1-14-7-5-3-4-6(8(7)15-2)9-12-13-10(11)16-9/h3-5H,1-2H3. The van der Waals surface area contributed by atoms with E-state index in [1.165, 1.54) is 0 Å². The van der Waals surface area contributed by atoms with Crippen LogP contribution < -0.4 is 9.47 Å². The largest absolute Gasteiger partial charge is 0.493 e. The third kappa shape index (κ3) is 1.81. The molecule has 0 fully saturated rings. The molecule has 16 heavy (non-hydrogen) atoms. The molecule has 0 saturated carbocycles. The van der Waals surface area contributed by atoms with E-state index < -0.39 is 0 Å². The van der Waals surface area contributed by atoms with E-state index in [0.29, 0.717) is 23.0 Å². The van der Waals surface area contributed by atoms with Crippen molar-refractivity contribution in [2.24, 2.45) is 0 Å². The molecule has 0 atom stereocenters. The molecule has 1 aromatic heterocycles. The number of hydrogen-bond acceptors (Lipinski definition) is 5. The molecule has 1 aromatic carbocycles. The van der Waals surface area contributed by atoms with Crippen molar-refractivity contribution >= 4 is 11.6 Å². The van der Waals surface area contributed by atoms with Crippen molar-refractivity contribution < 1.29 is 13.9 Å². The van der Waals surface area contributed by atoms with Gasteiger partial charge in [0.15, 0.2) is 11.5 Å². The molecule has 84 valence electrons. The summed E-state index contributed by atoms with van der Waals surface area (Å²) in [6.45, 7) is 0. The summed E-state index contributed by atoms with van der Waals surface area (Å²) in [6.07, 6.45) is 0. The molecule has 0 unspecified atom stereocenters. The highest BCUT2D eigenvalue weighted by Crippen LogP contribution is 2.37. The van der Waals surface area contributed by atoms with Crippen LogP contribution >= 0.6 is 11.6 Å². The molecular weight excluding hydrogens is 232 g/mol. The van der Waals surface area contributed by atoms with E-state index in [4.69, 9.17) is 25.5 Å². The average Bonchev–Trinajstić information content (AvgIpc) is 2.74. The van der Waals surface area contributed by atoms with Gasteiger partial charge in [0.05, 0.1) is 19.8 Å². The number of methoxy groups -OCH3 is 2. The molecule has 5 nitrogen and oxygen atoms in total. The van der Waals surface area contributed by atoms with Gasteiger partial charge in [-0.1, -0.05) is 11.2 Å². The van der Waals surface area contributed by atoms with Gasteiger partial charge in [-0.25, -0.2) is 0 Å². The Labute approximate surface area is 97.0 Å². The minimum absolute atomic E-state index is 0.0140. The summed E-state index contributed by atoms with van der Waals surface area (Å²) in [5.74, 6) is 1.42. The van der Waals surface area contributed by atoms with Crippen LogP contribution in [0, 0.1) is 0 Å². The second-order valence-corrected chi connectivity index (χ2v) is 3.22. The molecule has 0 N–H and O–H groups in total. The summed E-state index contributed by atoms with van der Waals surface area (Å²) in [5.41, 5.74) is 0.640. The maximum absolute atomic E-state index is 5.57. The molecule has 0 aliphatic rings. The lowest BCUT2D eigenvalue weighted by Crippen LogP contribution is -1.93. The van der Waals surface area contributed by atoms with Crippen molar-refractivity contribution in [2.45, 2.75) is 0 Å². The lowest BCUT2D eigenvalue weighted by atomic mass is 10.2. The van der Waals surface area contributed by atoms with Crippen LogP contribution in [0.25, 0.3) is 11.5 Å². The fourth-order valence-electron chi connectivity index (χ4n) is 1.37. The minimum atomic E-state index is -0.0140. The number of aromatic nitrogens is 2. The number of ether oxygens (including phenoxy) is 2.